The van der Waals surface area contributed by atoms with E-state index in [1.165, 1.54) is 6.42 Å². The van der Waals surface area contributed by atoms with E-state index in [2.05, 4.69) is 21.2 Å². The number of amides is 1. The zero-order valence-corrected chi connectivity index (χ0v) is 11.6. The Morgan fingerprint density at radius 2 is 2.39 bits per heavy atom. The summed E-state index contributed by atoms with van der Waals surface area (Å²) in [4.78, 5) is 13.9. The maximum absolute atomic E-state index is 12.0. The van der Waals surface area contributed by atoms with Crippen molar-refractivity contribution in [2.24, 2.45) is 0 Å². The van der Waals surface area contributed by atoms with Crippen molar-refractivity contribution in [1.82, 2.24) is 5.32 Å². The highest BCUT2D eigenvalue weighted by atomic mass is 79.9. The average molecular weight is 311 g/mol. The number of nitrogens with zero attached hydrogens (tertiary/aromatic N) is 1. The Hall–Kier alpha value is -1.07. The molecule has 1 unspecified atom stereocenters. The van der Waals surface area contributed by atoms with Gasteiger partial charge in [-0.25, -0.2) is 0 Å². The van der Waals surface area contributed by atoms with Crippen molar-refractivity contribution in [2.75, 3.05) is 24.6 Å². The van der Waals surface area contributed by atoms with Gasteiger partial charge in [0.15, 0.2) is 6.61 Å². The summed E-state index contributed by atoms with van der Waals surface area (Å²) in [5.41, 5.74) is 0.870. The van der Waals surface area contributed by atoms with E-state index in [1.807, 2.05) is 23.1 Å². The number of nitrogens with one attached hydrogen (secondary N) is 1. The van der Waals surface area contributed by atoms with Crippen molar-refractivity contribution >= 4 is 27.5 Å². The first-order valence-corrected chi connectivity index (χ1v) is 6.99. The van der Waals surface area contributed by atoms with Crippen molar-refractivity contribution in [2.45, 2.75) is 18.9 Å². The Bertz CT molecular complexity index is 472. The smallest absolute Gasteiger partial charge is 0.265 e. The minimum Gasteiger partial charge on any atom is -0.482 e. The maximum atomic E-state index is 12.0. The van der Waals surface area contributed by atoms with Gasteiger partial charge >= 0.3 is 0 Å². The molecule has 1 N–H and O–H groups in total. The minimum absolute atomic E-state index is 0.0364. The molecule has 1 aromatic carbocycles. The lowest BCUT2D eigenvalue weighted by atomic mass is 10.1. The Kier molecular flexibility index (Phi) is 3.26. The lowest BCUT2D eigenvalue weighted by molar-refractivity contribution is -0.121. The summed E-state index contributed by atoms with van der Waals surface area (Å²) in [6.07, 6.45) is 2.32. The number of benzene rings is 1. The van der Waals surface area contributed by atoms with Crippen LogP contribution in [0.15, 0.2) is 22.7 Å². The first kappa shape index (κ1) is 12.0. The molecule has 1 aromatic rings. The van der Waals surface area contributed by atoms with E-state index in [4.69, 9.17) is 4.74 Å². The van der Waals surface area contributed by atoms with Gasteiger partial charge in [0.2, 0.25) is 0 Å². The highest BCUT2D eigenvalue weighted by Gasteiger charge is 2.28. The SMILES string of the molecule is O=C1COc2ccc(Br)cc2N1CC1CCCN1. The van der Waals surface area contributed by atoms with Crippen LogP contribution in [0.25, 0.3) is 0 Å². The van der Waals surface area contributed by atoms with Gasteiger partial charge in [-0.1, -0.05) is 15.9 Å². The van der Waals surface area contributed by atoms with Crippen LogP contribution >= 0.6 is 15.9 Å². The molecule has 0 spiro atoms. The lowest BCUT2D eigenvalue weighted by Crippen LogP contribution is -2.45. The van der Waals surface area contributed by atoms with Crippen LogP contribution in [0.3, 0.4) is 0 Å². The lowest BCUT2D eigenvalue weighted by Gasteiger charge is -2.31. The van der Waals surface area contributed by atoms with Gasteiger partial charge in [-0.05, 0) is 37.6 Å². The van der Waals surface area contributed by atoms with E-state index < -0.39 is 0 Å². The highest BCUT2D eigenvalue weighted by Crippen LogP contribution is 2.34. The largest absolute Gasteiger partial charge is 0.482 e. The Morgan fingerprint density at radius 1 is 1.50 bits per heavy atom. The summed E-state index contributed by atoms with van der Waals surface area (Å²) in [5, 5.41) is 3.42. The molecule has 1 amide bonds. The van der Waals surface area contributed by atoms with E-state index in [-0.39, 0.29) is 12.5 Å². The summed E-state index contributed by atoms with van der Waals surface area (Å²) in [6.45, 7) is 1.92. The van der Waals surface area contributed by atoms with E-state index in [1.54, 1.807) is 0 Å². The second-order valence-corrected chi connectivity index (χ2v) is 5.61. The van der Waals surface area contributed by atoms with Crippen LogP contribution in [-0.4, -0.2) is 31.6 Å². The molecule has 0 saturated carbocycles. The number of rotatable bonds is 2. The van der Waals surface area contributed by atoms with Gasteiger partial charge in [-0.3, -0.25) is 4.79 Å². The standard InChI is InChI=1S/C13H15BrN2O2/c14-9-3-4-12-11(6-9)16(13(17)8-18-12)7-10-2-1-5-15-10/h3-4,6,10,15H,1-2,5,7-8H2. The Labute approximate surface area is 114 Å². The molecule has 0 bridgehead atoms. The quantitative estimate of drug-likeness (QED) is 0.907. The molecule has 0 aromatic heterocycles. The average Bonchev–Trinajstić information content (AvgIpc) is 2.86. The number of carbonyl (C=O) groups excluding carboxylic acids is 1. The second kappa shape index (κ2) is 4.90. The van der Waals surface area contributed by atoms with Gasteiger partial charge in [-0.15, -0.1) is 0 Å². The van der Waals surface area contributed by atoms with Gasteiger partial charge in [0.1, 0.15) is 5.75 Å². The number of carbonyl (C=O) groups is 1. The first-order chi connectivity index (χ1) is 8.74. The molecule has 0 radical (unpaired) electrons. The normalized spacial score (nSPS) is 22.8. The fraction of sp³-hybridized carbons (Fsp3) is 0.462. The van der Waals surface area contributed by atoms with Crippen molar-refractivity contribution in [3.8, 4) is 5.75 Å². The third kappa shape index (κ3) is 2.24. The van der Waals surface area contributed by atoms with Crippen molar-refractivity contribution in [3.05, 3.63) is 22.7 Å². The van der Waals surface area contributed by atoms with Crippen LogP contribution in [-0.2, 0) is 4.79 Å². The third-order valence-electron chi connectivity index (χ3n) is 3.43. The predicted molar refractivity (Wildman–Crippen MR) is 73.0 cm³/mol. The van der Waals surface area contributed by atoms with E-state index in [0.29, 0.717) is 6.04 Å². The predicted octanol–water partition coefficient (Wildman–Crippen LogP) is 1.93. The molecule has 5 heteroatoms. The summed E-state index contributed by atoms with van der Waals surface area (Å²) in [6, 6.07) is 6.18. The molecular weight excluding hydrogens is 296 g/mol. The summed E-state index contributed by atoms with van der Waals surface area (Å²) >= 11 is 3.44. The molecule has 2 aliphatic heterocycles. The third-order valence-corrected chi connectivity index (χ3v) is 3.92. The molecule has 96 valence electrons. The van der Waals surface area contributed by atoms with Crippen molar-refractivity contribution < 1.29 is 9.53 Å². The fourth-order valence-electron chi connectivity index (χ4n) is 2.51. The van der Waals surface area contributed by atoms with Gasteiger partial charge < -0.3 is 15.0 Å². The van der Waals surface area contributed by atoms with Gasteiger partial charge in [0.25, 0.3) is 5.91 Å². The van der Waals surface area contributed by atoms with Gasteiger partial charge in [0.05, 0.1) is 5.69 Å². The summed E-state index contributed by atoms with van der Waals surface area (Å²) in [5.74, 6) is 0.824. The summed E-state index contributed by atoms with van der Waals surface area (Å²) < 4.78 is 6.41. The molecule has 4 nitrogen and oxygen atoms in total. The topological polar surface area (TPSA) is 41.6 Å². The van der Waals surface area contributed by atoms with Crippen LogP contribution in [0.5, 0.6) is 5.75 Å². The molecule has 18 heavy (non-hydrogen) atoms. The number of hydrogen-bond donors (Lipinski definition) is 1. The van der Waals surface area contributed by atoms with E-state index in [9.17, 15) is 4.79 Å². The number of fused-ring (bicyclic) bond motifs is 1. The zero-order valence-electron chi connectivity index (χ0n) is 9.99. The summed E-state index contributed by atoms with van der Waals surface area (Å²) in [7, 11) is 0. The highest BCUT2D eigenvalue weighted by molar-refractivity contribution is 9.10. The number of halogens is 1. The number of ether oxygens (including phenoxy) is 1. The zero-order chi connectivity index (χ0) is 12.5. The molecule has 3 rings (SSSR count). The second-order valence-electron chi connectivity index (χ2n) is 4.70. The van der Waals surface area contributed by atoms with Crippen molar-refractivity contribution in [1.29, 1.82) is 0 Å². The molecule has 0 aliphatic carbocycles. The van der Waals surface area contributed by atoms with Crippen LogP contribution in [0.4, 0.5) is 5.69 Å². The molecule has 1 fully saturated rings. The Morgan fingerprint density at radius 3 is 3.17 bits per heavy atom. The van der Waals surface area contributed by atoms with Gasteiger partial charge in [0, 0.05) is 17.1 Å². The van der Waals surface area contributed by atoms with Crippen LogP contribution in [0.1, 0.15) is 12.8 Å². The maximum Gasteiger partial charge on any atom is 0.265 e. The number of anilines is 1. The van der Waals surface area contributed by atoms with Crippen LogP contribution in [0.2, 0.25) is 0 Å². The van der Waals surface area contributed by atoms with E-state index in [0.717, 1.165) is 35.4 Å². The van der Waals surface area contributed by atoms with E-state index >= 15 is 0 Å². The fourth-order valence-corrected chi connectivity index (χ4v) is 2.86. The van der Waals surface area contributed by atoms with Gasteiger partial charge in [-0.2, -0.15) is 0 Å². The molecule has 1 atom stereocenters. The molecule has 1 saturated heterocycles. The monoisotopic (exact) mass is 310 g/mol. The molecular formula is C13H15BrN2O2. The van der Waals surface area contributed by atoms with Crippen molar-refractivity contribution in [3.63, 3.8) is 0 Å². The molecule has 2 aliphatic rings. The first-order valence-electron chi connectivity index (χ1n) is 6.20. The van der Waals surface area contributed by atoms with Crippen LogP contribution in [0, 0.1) is 0 Å². The van der Waals surface area contributed by atoms with Crippen LogP contribution < -0.4 is 15.0 Å². The molecule has 2 heterocycles. The minimum atomic E-state index is 0.0364. The number of hydrogen-bond acceptors (Lipinski definition) is 3. The Balaban J connectivity index is 1.88.